The third kappa shape index (κ3) is 5.06. The Hall–Kier alpha value is -3.15. The van der Waals surface area contributed by atoms with Gasteiger partial charge in [-0.1, -0.05) is 18.2 Å². The van der Waals surface area contributed by atoms with Crippen molar-refractivity contribution in [3.8, 4) is 5.75 Å². The number of ether oxygens (including phenoxy) is 2. The highest BCUT2D eigenvalue weighted by Gasteiger charge is 2.31. The smallest absolute Gasteiger partial charge is 0.349 e. The molecule has 0 spiro atoms. The molecule has 0 saturated heterocycles. The lowest BCUT2D eigenvalue weighted by Gasteiger charge is -2.27. The van der Waals surface area contributed by atoms with Gasteiger partial charge in [0.25, 0.3) is 5.91 Å². The van der Waals surface area contributed by atoms with E-state index < -0.39 is 11.6 Å². The highest BCUT2D eigenvalue weighted by atomic mass is 19.1. The van der Waals surface area contributed by atoms with Gasteiger partial charge in [0.05, 0.1) is 6.61 Å². The topological polar surface area (TPSA) is 55.8 Å². The molecule has 0 unspecified atom stereocenters. The van der Waals surface area contributed by atoms with E-state index in [0.717, 1.165) is 11.1 Å². The molecule has 0 bridgehead atoms. The molecule has 1 aliphatic rings. The maximum Gasteiger partial charge on any atom is 0.349 e. The maximum atomic E-state index is 13.1. The molecule has 1 aliphatic heterocycles. The van der Waals surface area contributed by atoms with Gasteiger partial charge in [-0.05, 0) is 74.7 Å². The van der Waals surface area contributed by atoms with E-state index in [0.29, 0.717) is 37.4 Å². The Labute approximate surface area is 176 Å². The van der Waals surface area contributed by atoms with Gasteiger partial charge in [-0.2, -0.15) is 0 Å². The molecule has 0 aliphatic carbocycles. The summed E-state index contributed by atoms with van der Waals surface area (Å²) in [5.41, 5.74) is 1.48. The molecule has 158 valence electrons. The van der Waals surface area contributed by atoms with Gasteiger partial charge in [0.15, 0.2) is 5.60 Å². The van der Waals surface area contributed by atoms with Crippen molar-refractivity contribution in [3.63, 3.8) is 0 Å². The van der Waals surface area contributed by atoms with E-state index in [4.69, 9.17) is 9.47 Å². The van der Waals surface area contributed by atoms with Crippen LogP contribution in [0.2, 0.25) is 0 Å². The highest BCUT2D eigenvalue weighted by molar-refractivity contribution is 5.94. The molecule has 0 aromatic heterocycles. The van der Waals surface area contributed by atoms with Crippen molar-refractivity contribution in [1.82, 2.24) is 4.90 Å². The molecule has 2 aromatic rings. The fourth-order valence-corrected chi connectivity index (χ4v) is 3.29. The highest BCUT2D eigenvalue weighted by Crippen LogP contribution is 2.28. The van der Waals surface area contributed by atoms with E-state index in [9.17, 15) is 14.0 Å². The maximum absolute atomic E-state index is 13.1. The Kier molecular flexibility index (Phi) is 6.55. The molecule has 0 saturated carbocycles. The van der Waals surface area contributed by atoms with Crippen molar-refractivity contribution >= 4 is 17.4 Å². The van der Waals surface area contributed by atoms with Gasteiger partial charge >= 0.3 is 5.97 Å². The first-order valence-corrected chi connectivity index (χ1v) is 10.0. The number of nitrogens with zero attached hydrogens (tertiary/aromatic N) is 1. The Morgan fingerprint density at radius 3 is 2.50 bits per heavy atom. The second-order valence-electron chi connectivity index (χ2n) is 7.60. The van der Waals surface area contributed by atoms with Crippen molar-refractivity contribution in [2.45, 2.75) is 32.8 Å². The largest absolute Gasteiger partial charge is 0.476 e. The van der Waals surface area contributed by atoms with Crippen molar-refractivity contribution in [3.05, 3.63) is 71.6 Å². The van der Waals surface area contributed by atoms with Crippen molar-refractivity contribution in [1.29, 1.82) is 0 Å². The van der Waals surface area contributed by atoms with Crippen LogP contribution < -0.4 is 4.74 Å². The van der Waals surface area contributed by atoms with Crippen LogP contribution in [0.1, 0.15) is 43.1 Å². The van der Waals surface area contributed by atoms with Crippen LogP contribution in [0, 0.1) is 5.82 Å². The molecule has 6 heteroatoms. The third-order valence-corrected chi connectivity index (χ3v) is 4.93. The lowest BCUT2D eigenvalue weighted by Crippen LogP contribution is -2.39. The number of rotatable bonds is 6. The average Bonchev–Trinajstić information content (AvgIpc) is 2.74. The van der Waals surface area contributed by atoms with Gasteiger partial charge < -0.3 is 14.4 Å². The van der Waals surface area contributed by atoms with Crippen LogP contribution in [0.15, 0.2) is 54.6 Å². The third-order valence-electron chi connectivity index (χ3n) is 4.93. The number of amides is 1. The summed E-state index contributed by atoms with van der Waals surface area (Å²) in [4.78, 5) is 26.4. The number of carbonyl (C=O) groups is 2. The van der Waals surface area contributed by atoms with Gasteiger partial charge in [0.2, 0.25) is 0 Å². The number of esters is 1. The van der Waals surface area contributed by atoms with Crippen LogP contribution in [-0.4, -0.2) is 42.1 Å². The first-order valence-electron chi connectivity index (χ1n) is 10.0. The Balaban J connectivity index is 1.69. The molecule has 1 heterocycles. The van der Waals surface area contributed by atoms with Crippen LogP contribution >= 0.6 is 0 Å². The standard InChI is InChI=1S/C24H26FNO4/c1-4-29-23(28)24(2,3)30-21-7-5-6-19(16-21)17-12-14-26(15-13-17)22(27)18-8-10-20(25)11-9-18/h5-12,16H,4,13-15H2,1-3H3. The molecule has 0 N–H and O–H groups in total. The normalized spacial score (nSPS) is 14.1. The lowest BCUT2D eigenvalue weighted by atomic mass is 9.98. The summed E-state index contributed by atoms with van der Waals surface area (Å²) in [5.74, 6) is -0.308. The Bertz CT molecular complexity index is 950. The van der Waals surface area contributed by atoms with Crippen LogP contribution in [0.25, 0.3) is 5.57 Å². The molecule has 0 atom stereocenters. The van der Waals surface area contributed by atoms with E-state index in [-0.39, 0.29) is 11.7 Å². The minimum Gasteiger partial charge on any atom is -0.476 e. The van der Waals surface area contributed by atoms with E-state index in [2.05, 4.69) is 0 Å². The Morgan fingerprint density at radius 2 is 1.87 bits per heavy atom. The van der Waals surface area contributed by atoms with Crippen LogP contribution in [0.4, 0.5) is 4.39 Å². The number of benzene rings is 2. The number of carbonyl (C=O) groups excluding carboxylic acids is 2. The number of halogens is 1. The summed E-state index contributed by atoms with van der Waals surface area (Å²) in [6.07, 6.45) is 2.71. The summed E-state index contributed by atoms with van der Waals surface area (Å²) in [5, 5.41) is 0. The second-order valence-corrected chi connectivity index (χ2v) is 7.60. The zero-order valence-electron chi connectivity index (χ0n) is 17.5. The van der Waals surface area contributed by atoms with Gasteiger partial charge in [0.1, 0.15) is 11.6 Å². The molecule has 0 fully saturated rings. The van der Waals surface area contributed by atoms with Crippen LogP contribution in [-0.2, 0) is 9.53 Å². The number of hydrogen-bond donors (Lipinski definition) is 0. The first-order chi connectivity index (χ1) is 14.3. The van der Waals surface area contributed by atoms with Crippen LogP contribution in [0.3, 0.4) is 0 Å². The van der Waals surface area contributed by atoms with Gasteiger partial charge in [-0.3, -0.25) is 4.79 Å². The lowest BCUT2D eigenvalue weighted by molar-refractivity contribution is -0.158. The van der Waals surface area contributed by atoms with Crippen LogP contribution in [0.5, 0.6) is 5.75 Å². The number of hydrogen-bond acceptors (Lipinski definition) is 4. The minimum atomic E-state index is -1.09. The predicted octanol–water partition coefficient (Wildman–Crippen LogP) is 4.48. The van der Waals surface area contributed by atoms with Crippen molar-refractivity contribution in [2.75, 3.05) is 19.7 Å². The first kappa shape index (κ1) is 21.6. The summed E-state index contributed by atoms with van der Waals surface area (Å²) >= 11 is 0. The van der Waals surface area contributed by atoms with Gasteiger partial charge in [-0.15, -0.1) is 0 Å². The molecule has 30 heavy (non-hydrogen) atoms. The van der Waals surface area contributed by atoms with Gasteiger partial charge in [-0.25, -0.2) is 9.18 Å². The average molecular weight is 411 g/mol. The monoisotopic (exact) mass is 411 g/mol. The van der Waals surface area contributed by atoms with Crippen molar-refractivity contribution < 1.29 is 23.5 Å². The van der Waals surface area contributed by atoms with E-state index >= 15 is 0 Å². The Morgan fingerprint density at radius 1 is 1.13 bits per heavy atom. The molecule has 5 nitrogen and oxygen atoms in total. The SMILES string of the molecule is CCOC(=O)C(C)(C)Oc1cccc(C2=CCN(C(=O)c3ccc(F)cc3)CC2)c1. The predicted molar refractivity (Wildman–Crippen MR) is 113 cm³/mol. The quantitative estimate of drug-likeness (QED) is 0.658. The zero-order chi connectivity index (χ0) is 21.7. The molecule has 1 amide bonds. The second kappa shape index (κ2) is 9.11. The summed E-state index contributed by atoms with van der Waals surface area (Å²) in [6, 6.07) is 13.1. The fraction of sp³-hybridized carbons (Fsp3) is 0.333. The minimum absolute atomic E-state index is 0.112. The molecule has 2 aromatic carbocycles. The summed E-state index contributed by atoms with van der Waals surface area (Å²) < 4.78 is 24.0. The zero-order valence-corrected chi connectivity index (χ0v) is 17.5. The van der Waals surface area contributed by atoms with E-state index in [1.807, 2.05) is 24.3 Å². The summed E-state index contributed by atoms with van der Waals surface area (Å²) in [7, 11) is 0. The fourth-order valence-electron chi connectivity index (χ4n) is 3.29. The van der Waals surface area contributed by atoms with Gasteiger partial charge in [0, 0.05) is 18.7 Å². The van der Waals surface area contributed by atoms with E-state index in [1.165, 1.54) is 24.3 Å². The molecular formula is C24H26FNO4. The molecule has 3 rings (SSSR count). The molecule has 0 radical (unpaired) electrons. The van der Waals surface area contributed by atoms with E-state index in [1.54, 1.807) is 31.7 Å². The summed E-state index contributed by atoms with van der Waals surface area (Å²) in [6.45, 7) is 6.46. The van der Waals surface area contributed by atoms with Crippen molar-refractivity contribution in [2.24, 2.45) is 0 Å². The molecular weight excluding hydrogens is 385 g/mol.